The monoisotopic (exact) mass is 287 g/mol. The summed E-state index contributed by atoms with van der Waals surface area (Å²) in [7, 11) is 0. The van der Waals surface area contributed by atoms with Gasteiger partial charge in [0.2, 0.25) is 5.91 Å². The molecule has 6 nitrogen and oxygen atoms in total. The molecule has 2 aromatic rings. The number of rotatable bonds is 2. The number of aryl methyl sites for hydroxylation is 1. The molecule has 1 fully saturated rings. The second-order valence-electron chi connectivity index (χ2n) is 5.17. The van der Waals surface area contributed by atoms with Crippen LogP contribution in [0.1, 0.15) is 12.0 Å². The van der Waals surface area contributed by atoms with Gasteiger partial charge in [-0.2, -0.15) is 0 Å². The highest BCUT2D eigenvalue weighted by molar-refractivity contribution is 6.00. The first kappa shape index (κ1) is 13.4. The molecule has 3 rings (SSSR count). The minimum atomic E-state index is -0.978. The van der Waals surface area contributed by atoms with E-state index in [-0.39, 0.29) is 18.9 Å². The third-order valence-electron chi connectivity index (χ3n) is 3.72. The average molecular weight is 287 g/mol. The Morgan fingerprint density at radius 1 is 1.33 bits per heavy atom. The van der Waals surface area contributed by atoms with E-state index in [4.69, 9.17) is 9.52 Å². The SMILES string of the molecule is Cc1cc(=O)oc2cc(N3CC(C(=O)O)CC3=O)ccc12. The molecule has 1 aliphatic rings. The van der Waals surface area contributed by atoms with Gasteiger partial charge in [-0.15, -0.1) is 0 Å². The number of aliphatic carboxylic acids is 1. The number of nitrogens with zero attached hydrogens (tertiary/aromatic N) is 1. The van der Waals surface area contributed by atoms with Gasteiger partial charge >= 0.3 is 11.6 Å². The van der Waals surface area contributed by atoms with Gasteiger partial charge in [0.05, 0.1) is 5.92 Å². The van der Waals surface area contributed by atoms with Crippen molar-refractivity contribution in [1.82, 2.24) is 0 Å². The zero-order valence-electron chi connectivity index (χ0n) is 11.3. The number of carbonyl (C=O) groups excluding carboxylic acids is 1. The maximum absolute atomic E-state index is 11.9. The molecule has 0 radical (unpaired) electrons. The summed E-state index contributed by atoms with van der Waals surface area (Å²) >= 11 is 0. The van der Waals surface area contributed by atoms with Crippen LogP contribution < -0.4 is 10.5 Å². The lowest BCUT2D eigenvalue weighted by atomic mass is 10.1. The minimum Gasteiger partial charge on any atom is -0.481 e. The fourth-order valence-corrected chi connectivity index (χ4v) is 2.60. The zero-order chi connectivity index (χ0) is 15.1. The van der Waals surface area contributed by atoms with Gasteiger partial charge in [0.15, 0.2) is 0 Å². The van der Waals surface area contributed by atoms with Crippen LogP contribution in [0.15, 0.2) is 33.5 Å². The van der Waals surface area contributed by atoms with Crippen LogP contribution in [-0.4, -0.2) is 23.5 Å². The van der Waals surface area contributed by atoms with Crippen LogP contribution in [0.4, 0.5) is 5.69 Å². The zero-order valence-corrected chi connectivity index (χ0v) is 11.3. The van der Waals surface area contributed by atoms with E-state index in [2.05, 4.69) is 0 Å². The molecule has 1 aliphatic heterocycles. The molecule has 1 aromatic carbocycles. The molecule has 1 unspecified atom stereocenters. The van der Waals surface area contributed by atoms with Crippen LogP contribution in [0.5, 0.6) is 0 Å². The summed E-state index contributed by atoms with van der Waals surface area (Å²) in [5.74, 6) is -1.91. The van der Waals surface area contributed by atoms with Crippen molar-refractivity contribution in [1.29, 1.82) is 0 Å². The summed E-state index contributed by atoms with van der Waals surface area (Å²) < 4.78 is 5.14. The predicted octanol–water partition coefficient (Wildman–Crippen LogP) is 1.54. The second-order valence-corrected chi connectivity index (χ2v) is 5.17. The van der Waals surface area contributed by atoms with Gasteiger partial charge in [-0.3, -0.25) is 9.59 Å². The van der Waals surface area contributed by atoms with Gasteiger partial charge in [-0.1, -0.05) is 0 Å². The van der Waals surface area contributed by atoms with Gasteiger partial charge in [-0.05, 0) is 24.6 Å². The Kier molecular flexibility index (Phi) is 3.01. The molecule has 1 aromatic heterocycles. The van der Waals surface area contributed by atoms with Crippen LogP contribution >= 0.6 is 0 Å². The van der Waals surface area contributed by atoms with E-state index in [1.54, 1.807) is 25.1 Å². The number of fused-ring (bicyclic) bond motifs is 1. The maximum Gasteiger partial charge on any atom is 0.336 e. The number of hydrogen-bond donors (Lipinski definition) is 1. The maximum atomic E-state index is 11.9. The van der Waals surface area contributed by atoms with Crippen molar-refractivity contribution in [3.05, 3.63) is 40.2 Å². The molecule has 2 heterocycles. The van der Waals surface area contributed by atoms with E-state index >= 15 is 0 Å². The van der Waals surface area contributed by atoms with Gasteiger partial charge in [-0.25, -0.2) is 4.79 Å². The molecule has 0 bridgehead atoms. The molecule has 1 N–H and O–H groups in total. The predicted molar refractivity (Wildman–Crippen MR) is 75.3 cm³/mol. The fraction of sp³-hybridized carbons (Fsp3) is 0.267. The van der Waals surface area contributed by atoms with Crippen LogP contribution in [0.25, 0.3) is 11.0 Å². The molecule has 1 saturated heterocycles. The molecule has 1 atom stereocenters. The highest BCUT2D eigenvalue weighted by Gasteiger charge is 2.35. The molecule has 0 aliphatic carbocycles. The Morgan fingerprint density at radius 2 is 2.10 bits per heavy atom. The standard InChI is InChI=1S/C15H13NO5/c1-8-4-14(18)21-12-6-10(2-3-11(8)12)16-7-9(15(19)20)5-13(16)17/h2-4,6,9H,5,7H2,1H3,(H,19,20). The fourth-order valence-electron chi connectivity index (χ4n) is 2.60. The van der Waals surface area contributed by atoms with Gasteiger partial charge in [0.1, 0.15) is 5.58 Å². The Labute approximate surface area is 119 Å². The minimum absolute atomic E-state index is 0.00879. The van der Waals surface area contributed by atoms with Gasteiger partial charge in [0.25, 0.3) is 0 Å². The molecular formula is C15H13NO5. The first-order valence-corrected chi connectivity index (χ1v) is 6.53. The van der Waals surface area contributed by atoms with Crippen molar-refractivity contribution in [2.75, 3.05) is 11.4 Å². The van der Waals surface area contributed by atoms with E-state index in [1.807, 2.05) is 0 Å². The molecule has 0 spiro atoms. The van der Waals surface area contributed by atoms with E-state index < -0.39 is 17.5 Å². The van der Waals surface area contributed by atoms with Crippen LogP contribution in [0, 0.1) is 12.8 Å². The third-order valence-corrected chi connectivity index (χ3v) is 3.72. The van der Waals surface area contributed by atoms with E-state index in [1.165, 1.54) is 11.0 Å². The lowest BCUT2D eigenvalue weighted by Gasteiger charge is -2.16. The summed E-state index contributed by atoms with van der Waals surface area (Å²) in [5, 5.41) is 9.79. The average Bonchev–Trinajstić information content (AvgIpc) is 2.80. The van der Waals surface area contributed by atoms with Crippen molar-refractivity contribution in [2.45, 2.75) is 13.3 Å². The topological polar surface area (TPSA) is 87.8 Å². The smallest absolute Gasteiger partial charge is 0.336 e. The normalized spacial score (nSPS) is 18.4. The molecule has 0 saturated carbocycles. The van der Waals surface area contributed by atoms with Crippen molar-refractivity contribution in [3.63, 3.8) is 0 Å². The third kappa shape index (κ3) is 2.29. The number of carbonyl (C=O) groups is 2. The van der Waals surface area contributed by atoms with Crippen LogP contribution in [0.2, 0.25) is 0 Å². The van der Waals surface area contributed by atoms with E-state index in [0.29, 0.717) is 11.3 Å². The van der Waals surface area contributed by atoms with Gasteiger partial charge in [0, 0.05) is 36.2 Å². The Bertz CT molecular complexity index is 807. The van der Waals surface area contributed by atoms with E-state index in [0.717, 1.165) is 10.9 Å². The lowest BCUT2D eigenvalue weighted by molar-refractivity contribution is -0.141. The Hall–Kier alpha value is -2.63. The lowest BCUT2D eigenvalue weighted by Crippen LogP contribution is -2.25. The summed E-state index contributed by atoms with van der Waals surface area (Å²) in [6.07, 6.45) is -0.00879. The van der Waals surface area contributed by atoms with Crippen LogP contribution in [0.3, 0.4) is 0 Å². The quantitative estimate of drug-likeness (QED) is 0.846. The number of hydrogen-bond acceptors (Lipinski definition) is 4. The molecule has 6 heteroatoms. The number of carboxylic acid groups (broad SMARTS) is 1. The summed E-state index contributed by atoms with van der Waals surface area (Å²) in [5.41, 5.74) is 1.28. The Balaban J connectivity index is 2.04. The molecule has 1 amide bonds. The summed E-state index contributed by atoms with van der Waals surface area (Å²) in [4.78, 5) is 35.8. The number of anilines is 1. The van der Waals surface area contributed by atoms with Gasteiger partial charge < -0.3 is 14.4 Å². The second kappa shape index (κ2) is 4.73. The largest absolute Gasteiger partial charge is 0.481 e. The highest BCUT2D eigenvalue weighted by atomic mass is 16.4. The van der Waals surface area contributed by atoms with Crippen LogP contribution in [-0.2, 0) is 9.59 Å². The molecule has 108 valence electrons. The number of carboxylic acids is 1. The first-order chi connectivity index (χ1) is 9.95. The van der Waals surface area contributed by atoms with Crippen molar-refractivity contribution >= 4 is 28.5 Å². The number of amides is 1. The van der Waals surface area contributed by atoms with Crippen molar-refractivity contribution in [3.8, 4) is 0 Å². The van der Waals surface area contributed by atoms with Crippen molar-refractivity contribution < 1.29 is 19.1 Å². The first-order valence-electron chi connectivity index (χ1n) is 6.53. The highest BCUT2D eigenvalue weighted by Crippen LogP contribution is 2.28. The van der Waals surface area contributed by atoms with E-state index in [9.17, 15) is 14.4 Å². The summed E-state index contributed by atoms with van der Waals surface area (Å²) in [6.45, 7) is 1.94. The molecule has 21 heavy (non-hydrogen) atoms. The summed E-state index contributed by atoms with van der Waals surface area (Å²) in [6, 6.07) is 6.51. The molecular weight excluding hydrogens is 274 g/mol. The van der Waals surface area contributed by atoms with Crippen molar-refractivity contribution in [2.24, 2.45) is 5.92 Å². The Morgan fingerprint density at radius 3 is 2.76 bits per heavy atom. The number of benzene rings is 1.